The molecule has 12 rings (SSSR count). The summed E-state index contributed by atoms with van der Waals surface area (Å²) in [5.41, 5.74) is 17.0. The van der Waals surface area contributed by atoms with Gasteiger partial charge in [0.15, 0.2) is 23.1 Å². The number of carbonyl (C=O) groups excluding carboxylic acids is 6. The number of nitrogens with two attached hydrogens (primary N) is 1. The molecule has 17 heteroatoms. The fourth-order valence-corrected chi connectivity index (χ4v) is 10.1. The van der Waals surface area contributed by atoms with Crippen LogP contribution >= 0.6 is 0 Å². The third-order valence-corrected chi connectivity index (χ3v) is 15.2. The van der Waals surface area contributed by atoms with E-state index in [0.29, 0.717) is 39.6 Å². The predicted octanol–water partition coefficient (Wildman–Crippen LogP) is 17.2. The van der Waals surface area contributed by atoms with E-state index in [4.69, 9.17) is 10.5 Å². The molecular formula is C75H79N9O8. The molecule has 0 saturated carbocycles. The van der Waals surface area contributed by atoms with Gasteiger partial charge in [0.2, 0.25) is 0 Å². The SMILES string of the molecule is CC(C)(C)C(=O)c1cc2c([nH]1)[nH]c1cc(NC(=O)c3ccc(O)cc3)ccc12.CC(C)(C)C(=O)c1ccc2[nH]c(C(=O)Nc3ccc(N)cc3)cc2c1.COc1ccc(-c2cc3cc(C(=O)C(C)(C)C)ccc3[nH]2)cc1.Cc1nc2ccc(C(=O)C(C)(C)C)cc2[nH]1. The second kappa shape index (κ2) is 26.0. The Bertz CT molecular complexity index is 4740. The van der Waals surface area contributed by atoms with Crippen molar-refractivity contribution in [3.8, 4) is 22.8 Å². The number of imidazole rings is 1. The minimum Gasteiger partial charge on any atom is -0.508 e. The highest BCUT2D eigenvalue weighted by atomic mass is 16.5. The van der Waals surface area contributed by atoms with E-state index in [1.54, 1.807) is 55.6 Å². The first kappa shape index (κ1) is 65.6. The molecule has 17 nitrogen and oxygen atoms in total. The highest BCUT2D eigenvalue weighted by Gasteiger charge is 2.27. The maximum Gasteiger partial charge on any atom is 0.272 e. The number of rotatable bonds is 10. The molecule has 0 saturated heterocycles. The summed E-state index contributed by atoms with van der Waals surface area (Å²) >= 11 is 0. The number of ketones is 4. The average Bonchev–Trinajstić information content (AvgIpc) is 1.75. The number of nitrogens with one attached hydrogen (secondary N) is 7. The standard InChI is InChI=1S/C22H21N3O3.C20H21N3O2.C20H21NO2.C13H16N2O/c1-22(2,3)19(27)18-11-16-15-9-6-13(10-17(15)24-20(16)25-18)23-21(28)12-4-7-14(26)8-5-12;1-20(2,3)18(24)12-4-9-16-13(10-12)11-17(23-16)19(25)22-15-7-5-14(21)6-8-15;1-20(2,3)19(22)14-7-10-17-15(11-14)12-18(21-17)13-5-8-16(23-4)9-6-13;1-8-14-10-6-5-9(7-11(10)15-8)12(16)13(2,3)4/h4-11,24-26H,1-3H3,(H,23,28);4-11,23H,21H2,1-3H3,(H,22,25);5-12,21H,1-4H3;5-7H,1-4H3,(H,14,15). The summed E-state index contributed by atoms with van der Waals surface area (Å²) in [6.07, 6.45) is 0. The van der Waals surface area contributed by atoms with Gasteiger partial charge in [0.1, 0.15) is 28.7 Å². The summed E-state index contributed by atoms with van der Waals surface area (Å²) in [5, 5.41) is 18.8. The number of aryl methyl sites for hydroxylation is 1. The van der Waals surface area contributed by atoms with Crippen LogP contribution in [-0.4, -0.2) is 77.1 Å². The van der Waals surface area contributed by atoms with Crippen LogP contribution in [-0.2, 0) is 0 Å². The van der Waals surface area contributed by atoms with Crippen LogP contribution in [0.4, 0.5) is 17.1 Å². The summed E-state index contributed by atoms with van der Waals surface area (Å²) in [7, 11) is 1.66. The molecule has 2 amide bonds. The number of fused-ring (bicyclic) bond motifs is 6. The zero-order valence-corrected chi connectivity index (χ0v) is 54.4. The Morgan fingerprint density at radius 2 is 0.967 bits per heavy atom. The van der Waals surface area contributed by atoms with Crippen molar-refractivity contribution in [1.82, 2.24) is 29.9 Å². The number of phenolic OH excluding ortho intramolecular Hbond substituents is 1. The second-order valence-electron chi connectivity index (χ2n) is 27.0. The number of hydrogen-bond donors (Lipinski definition) is 9. The van der Waals surface area contributed by atoms with Crippen LogP contribution in [0.15, 0.2) is 164 Å². The van der Waals surface area contributed by atoms with E-state index >= 15 is 0 Å². The number of anilines is 3. The number of aromatic hydroxyl groups is 1. The number of phenols is 1. The van der Waals surface area contributed by atoms with E-state index in [-0.39, 0.29) is 51.5 Å². The number of H-pyrrole nitrogens is 5. The number of benzene rings is 7. The van der Waals surface area contributed by atoms with Crippen LogP contribution in [0, 0.1) is 28.6 Å². The summed E-state index contributed by atoms with van der Waals surface area (Å²) in [5.74, 6) is 1.76. The Labute approximate surface area is 534 Å². The quantitative estimate of drug-likeness (QED) is 0.0461. The van der Waals surface area contributed by atoms with E-state index in [1.807, 2.05) is 187 Å². The first-order chi connectivity index (χ1) is 43.2. The maximum absolute atomic E-state index is 12.5. The summed E-state index contributed by atoms with van der Waals surface area (Å²) in [6.45, 7) is 24.9. The van der Waals surface area contributed by atoms with Crippen molar-refractivity contribution < 1.29 is 38.6 Å². The topological polar surface area (TPSA) is 274 Å². The highest BCUT2D eigenvalue weighted by molar-refractivity contribution is 6.13. The summed E-state index contributed by atoms with van der Waals surface area (Å²) in [6, 6.07) is 49.1. The molecule has 0 aliphatic carbocycles. The van der Waals surface area contributed by atoms with E-state index in [0.717, 1.165) is 88.7 Å². The van der Waals surface area contributed by atoms with Crippen molar-refractivity contribution in [1.29, 1.82) is 0 Å². The minimum absolute atomic E-state index is 0.0584. The van der Waals surface area contributed by atoms with Gasteiger partial charge in [0.05, 0.1) is 23.8 Å². The van der Waals surface area contributed by atoms with Gasteiger partial charge in [-0.2, -0.15) is 0 Å². The van der Waals surface area contributed by atoms with E-state index in [2.05, 4.69) is 46.6 Å². The van der Waals surface area contributed by atoms with Crippen molar-refractivity contribution in [3.63, 3.8) is 0 Å². The molecule has 5 heterocycles. The highest BCUT2D eigenvalue weighted by Crippen LogP contribution is 2.33. The lowest BCUT2D eigenvalue weighted by Crippen LogP contribution is -2.20. The Hall–Kier alpha value is -10.8. The van der Waals surface area contributed by atoms with Gasteiger partial charge in [-0.15, -0.1) is 0 Å². The molecule has 0 atom stereocenters. The molecule has 12 aromatic rings. The summed E-state index contributed by atoms with van der Waals surface area (Å²) in [4.78, 5) is 94.6. The van der Waals surface area contributed by atoms with Crippen molar-refractivity contribution in [2.45, 2.75) is 90.0 Å². The molecule has 0 radical (unpaired) electrons. The number of aromatic nitrogens is 6. The number of methoxy groups -OCH3 is 1. The van der Waals surface area contributed by atoms with Gasteiger partial charge in [-0.3, -0.25) is 28.8 Å². The first-order valence-corrected chi connectivity index (χ1v) is 30.2. The maximum atomic E-state index is 12.5. The van der Waals surface area contributed by atoms with E-state index < -0.39 is 10.8 Å². The number of nitrogen functional groups attached to an aromatic ring is 1. The number of carbonyl (C=O) groups is 6. The van der Waals surface area contributed by atoms with Gasteiger partial charge < -0.3 is 51.1 Å². The number of Topliss-reactive ketones (excluding diaryl/α,β-unsaturated/α-hetero) is 4. The van der Waals surface area contributed by atoms with Crippen molar-refractivity contribution >= 4 is 107 Å². The van der Waals surface area contributed by atoms with Crippen LogP contribution in [0.1, 0.15) is 151 Å². The van der Waals surface area contributed by atoms with Gasteiger partial charge in [0.25, 0.3) is 11.8 Å². The third kappa shape index (κ3) is 15.4. The molecule has 0 fully saturated rings. The monoisotopic (exact) mass is 1230 g/mol. The lowest BCUT2D eigenvalue weighted by atomic mass is 9.86. The zero-order chi connectivity index (χ0) is 66.8. The number of hydrogen-bond acceptors (Lipinski definition) is 10. The van der Waals surface area contributed by atoms with Crippen LogP contribution in [0.3, 0.4) is 0 Å². The van der Waals surface area contributed by atoms with Crippen molar-refractivity contribution in [2.75, 3.05) is 23.5 Å². The largest absolute Gasteiger partial charge is 0.508 e. The Morgan fingerprint density at radius 1 is 0.446 bits per heavy atom. The van der Waals surface area contributed by atoms with Crippen LogP contribution < -0.4 is 21.1 Å². The fourth-order valence-electron chi connectivity index (χ4n) is 10.1. The van der Waals surface area contributed by atoms with Gasteiger partial charge in [0, 0.05) is 105 Å². The molecular weight excluding hydrogens is 1150 g/mol. The normalized spacial score (nSPS) is 11.7. The lowest BCUT2D eigenvalue weighted by Gasteiger charge is -2.16. The predicted molar refractivity (Wildman–Crippen MR) is 370 cm³/mol. The molecule has 0 spiro atoms. The number of ether oxygens (including phenoxy) is 1. The molecule has 472 valence electrons. The Kier molecular flexibility index (Phi) is 18.5. The second-order valence-corrected chi connectivity index (χ2v) is 27.0. The van der Waals surface area contributed by atoms with E-state index in [1.165, 1.54) is 12.1 Å². The van der Waals surface area contributed by atoms with Gasteiger partial charge >= 0.3 is 0 Å². The molecule has 0 aliphatic heterocycles. The number of nitrogens with zero attached hydrogens (tertiary/aromatic N) is 1. The third-order valence-electron chi connectivity index (χ3n) is 15.2. The number of amides is 2. The molecule has 10 N–H and O–H groups in total. The van der Waals surface area contributed by atoms with Crippen LogP contribution in [0.5, 0.6) is 11.5 Å². The van der Waals surface area contributed by atoms with Gasteiger partial charge in [-0.25, -0.2) is 4.98 Å². The summed E-state index contributed by atoms with van der Waals surface area (Å²) < 4.78 is 5.19. The molecule has 92 heavy (non-hydrogen) atoms. The average molecular weight is 1230 g/mol. The van der Waals surface area contributed by atoms with Gasteiger partial charge in [-0.05, 0) is 170 Å². The van der Waals surface area contributed by atoms with Crippen LogP contribution in [0.2, 0.25) is 0 Å². The minimum atomic E-state index is -0.455. The molecule has 0 aliphatic rings. The molecule has 5 aromatic heterocycles. The van der Waals surface area contributed by atoms with Crippen molar-refractivity contribution in [3.05, 3.63) is 203 Å². The molecule has 7 aromatic carbocycles. The van der Waals surface area contributed by atoms with E-state index in [9.17, 15) is 33.9 Å². The smallest absolute Gasteiger partial charge is 0.272 e. The number of aromatic amines is 5. The van der Waals surface area contributed by atoms with Gasteiger partial charge in [-0.1, -0.05) is 89.2 Å². The zero-order valence-electron chi connectivity index (χ0n) is 54.4. The lowest BCUT2D eigenvalue weighted by molar-refractivity contribution is 0.0849. The van der Waals surface area contributed by atoms with Crippen LogP contribution in [0.25, 0.3) is 66.0 Å². The Balaban J connectivity index is 0.000000147. The molecule has 0 bridgehead atoms. The Morgan fingerprint density at radius 3 is 1.54 bits per heavy atom. The van der Waals surface area contributed by atoms with Crippen molar-refractivity contribution in [2.24, 2.45) is 21.7 Å². The molecule has 0 unspecified atom stereocenters. The fraction of sp³-hybridized carbons (Fsp3) is 0.240. The first-order valence-electron chi connectivity index (χ1n) is 30.2.